The molecule has 1 N–H and O–H groups in total. The minimum Gasteiger partial charge on any atom is -0.466 e. The lowest BCUT2D eigenvalue weighted by atomic mass is 10.1. The van der Waals surface area contributed by atoms with Gasteiger partial charge in [0.1, 0.15) is 22.9 Å². The van der Waals surface area contributed by atoms with Crippen molar-refractivity contribution in [1.82, 2.24) is 5.32 Å². The van der Waals surface area contributed by atoms with Crippen LogP contribution in [0.5, 0.6) is 0 Å². The summed E-state index contributed by atoms with van der Waals surface area (Å²) in [4.78, 5) is 23.7. The van der Waals surface area contributed by atoms with E-state index in [1.807, 2.05) is 0 Å². The van der Waals surface area contributed by atoms with Gasteiger partial charge in [0.25, 0.3) is 5.91 Å². The summed E-state index contributed by atoms with van der Waals surface area (Å²) in [5, 5.41) is 2.68. The molecule has 0 radical (unpaired) electrons. The summed E-state index contributed by atoms with van der Waals surface area (Å²) in [5.74, 6) is -0.333. The van der Waals surface area contributed by atoms with Gasteiger partial charge < -0.3 is 14.5 Å². The molecule has 2 rings (SSSR count). The van der Waals surface area contributed by atoms with Crippen molar-refractivity contribution >= 4 is 11.9 Å². The van der Waals surface area contributed by atoms with Gasteiger partial charge in [-0.05, 0) is 44.5 Å². The molecule has 1 amide bonds. The summed E-state index contributed by atoms with van der Waals surface area (Å²) < 4.78 is 23.1. The highest BCUT2D eigenvalue weighted by atomic mass is 19.1. The van der Waals surface area contributed by atoms with E-state index in [2.05, 4.69) is 5.32 Å². The van der Waals surface area contributed by atoms with Crippen LogP contribution in [0.4, 0.5) is 4.39 Å². The molecule has 2 aromatic rings. The molecule has 5 nitrogen and oxygen atoms in total. The molecule has 1 heterocycles. The van der Waals surface area contributed by atoms with Crippen LogP contribution in [-0.4, -0.2) is 18.5 Å². The van der Waals surface area contributed by atoms with Gasteiger partial charge in [-0.2, -0.15) is 0 Å². The van der Waals surface area contributed by atoms with E-state index in [1.54, 1.807) is 39.0 Å². The highest BCUT2D eigenvalue weighted by Crippen LogP contribution is 2.15. The SMILES string of the molecule is Cc1cc(C(=O)OCC(=O)N[C@H](C)c2ccc(F)cc2)c(C)o1. The molecule has 23 heavy (non-hydrogen) atoms. The summed E-state index contributed by atoms with van der Waals surface area (Å²) >= 11 is 0. The van der Waals surface area contributed by atoms with Crippen molar-refractivity contribution in [3.05, 3.63) is 58.8 Å². The first-order valence-corrected chi connectivity index (χ1v) is 7.16. The van der Waals surface area contributed by atoms with E-state index in [9.17, 15) is 14.0 Å². The predicted octanol–water partition coefficient (Wildman–Crippen LogP) is 3.07. The lowest BCUT2D eigenvalue weighted by molar-refractivity contribution is -0.124. The van der Waals surface area contributed by atoms with Gasteiger partial charge in [0.2, 0.25) is 0 Å². The standard InChI is InChI=1S/C17H18FNO4/c1-10-8-15(12(3)23-10)17(21)22-9-16(20)19-11(2)13-4-6-14(18)7-5-13/h4-8,11H,9H2,1-3H3,(H,19,20)/t11-/m1/s1. The topological polar surface area (TPSA) is 68.5 Å². The molecule has 1 aromatic heterocycles. The molecule has 0 unspecified atom stereocenters. The lowest BCUT2D eigenvalue weighted by Crippen LogP contribution is -2.31. The molecule has 0 spiro atoms. The van der Waals surface area contributed by atoms with Crippen molar-refractivity contribution in [1.29, 1.82) is 0 Å². The fourth-order valence-electron chi connectivity index (χ4n) is 2.16. The van der Waals surface area contributed by atoms with E-state index in [4.69, 9.17) is 9.15 Å². The average Bonchev–Trinajstić information content (AvgIpc) is 2.84. The molecule has 0 bridgehead atoms. The maximum absolute atomic E-state index is 12.9. The van der Waals surface area contributed by atoms with Gasteiger partial charge in [0, 0.05) is 0 Å². The normalized spacial score (nSPS) is 11.8. The molecular weight excluding hydrogens is 301 g/mol. The van der Waals surface area contributed by atoms with E-state index in [1.165, 1.54) is 12.1 Å². The van der Waals surface area contributed by atoms with Gasteiger partial charge in [-0.15, -0.1) is 0 Å². The number of benzene rings is 1. The van der Waals surface area contributed by atoms with Crippen LogP contribution in [0.15, 0.2) is 34.7 Å². The van der Waals surface area contributed by atoms with Crippen LogP contribution in [0, 0.1) is 19.7 Å². The Bertz CT molecular complexity index is 706. The highest BCUT2D eigenvalue weighted by Gasteiger charge is 2.17. The summed E-state index contributed by atoms with van der Waals surface area (Å²) in [6.07, 6.45) is 0. The zero-order valence-electron chi connectivity index (χ0n) is 13.2. The molecule has 0 saturated carbocycles. The molecule has 0 aliphatic rings. The van der Waals surface area contributed by atoms with Gasteiger partial charge >= 0.3 is 5.97 Å². The number of rotatable bonds is 5. The number of hydrogen-bond acceptors (Lipinski definition) is 4. The number of amides is 1. The minimum atomic E-state index is -0.607. The van der Waals surface area contributed by atoms with Crippen LogP contribution in [0.3, 0.4) is 0 Å². The van der Waals surface area contributed by atoms with Crippen molar-refractivity contribution < 1.29 is 23.1 Å². The number of esters is 1. The van der Waals surface area contributed by atoms with Crippen LogP contribution >= 0.6 is 0 Å². The molecule has 0 aliphatic carbocycles. The number of ether oxygens (including phenoxy) is 1. The van der Waals surface area contributed by atoms with Crippen LogP contribution in [0.1, 0.15) is 40.4 Å². The Morgan fingerprint density at radius 2 is 1.91 bits per heavy atom. The van der Waals surface area contributed by atoms with Crippen molar-refractivity contribution in [3.8, 4) is 0 Å². The summed E-state index contributed by atoms with van der Waals surface area (Å²) in [7, 11) is 0. The minimum absolute atomic E-state index is 0.307. The number of carbonyl (C=O) groups excluding carboxylic acids is 2. The first-order valence-electron chi connectivity index (χ1n) is 7.16. The Balaban J connectivity index is 1.86. The van der Waals surface area contributed by atoms with Crippen LogP contribution in [0.25, 0.3) is 0 Å². The Hall–Kier alpha value is -2.63. The Morgan fingerprint density at radius 3 is 2.48 bits per heavy atom. The van der Waals surface area contributed by atoms with Crippen LogP contribution in [0.2, 0.25) is 0 Å². The van der Waals surface area contributed by atoms with Crippen molar-refractivity contribution in [3.63, 3.8) is 0 Å². The zero-order chi connectivity index (χ0) is 17.0. The van der Waals surface area contributed by atoms with Crippen molar-refractivity contribution in [2.75, 3.05) is 6.61 Å². The summed E-state index contributed by atoms with van der Waals surface area (Å²) in [6.45, 7) is 4.74. The third-order valence-corrected chi connectivity index (χ3v) is 3.34. The second-order valence-corrected chi connectivity index (χ2v) is 5.24. The first-order chi connectivity index (χ1) is 10.9. The fraction of sp³-hybridized carbons (Fsp3) is 0.294. The lowest BCUT2D eigenvalue weighted by Gasteiger charge is -2.14. The van der Waals surface area contributed by atoms with Crippen molar-refractivity contribution in [2.45, 2.75) is 26.8 Å². The van der Waals surface area contributed by atoms with E-state index in [0.29, 0.717) is 17.1 Å². The second-order valence-electron chi connectivity index (χ2n) is 5.24. The quantitative estimate of drug-likeness (QED) is 0.860. The number of aryl methyl sites for hydroxylation is 2. The molecule has 0 fully saturated rings. The largest absolute Gasteiger partial charge is 0.466 e. The maximum Gasteiger partial charge on any atom is 0.342 e. The average molecular weight is 319 g/mol. The Morgan fingerprint density at radius 1 is 1.26 bits per heavy atom. The van der Waals surface area contributed by atoms with Gasteiger partial charge in [-0.25, -0.2) is 9.18 Å². The molecule has 0 aliphatic heterocycles. The molecule has 1 atom stereocenters. The van der Waals surface area contributed by atoms with E-state index in [0.717, 1.165) is 5.56 Å². The number of halogens is 1. The van der Waals surface area contributed by atoms with Gasteiger partial charge in [0.05, 0.1) is 6.04 Å². The Labute approximate surface area is 133 Å². The number of furan rings is 1. The first kappa shape index (κ1) is 16.7. The smallest absolute Gasteiger partial charge is 0.342 e. The van der Waals surface area contributed by atoms with E-state index >= 15 is 0 Å². The zero-order valence-corrected chi connectivity index (χ0v) is 13.2. The van der Waals surface area contributed by atoms with Gasteiger partial charge in [-0.1, -0.05) is 12.1 Å². The third-order valence-electron chi connectivity index (χ3n) is 3.34. The summed E-state index contributed by atoms with van der Waals surface area (Å²) in [5.41, 5.74) is 1.06. The molecule has 6 heteroatoms. The van der Waals surface area contributed by atoms with Gasteiger partial charge in [0.15, 0.2) is 6.61 Å². The number of carbonyl (C=O) groups is 2. The van der Waals surface area contributed by atoms with E-state index in [-0.39, 0.29) is 11.9 Å². The molecule has 1 aromatic carbocycles. The Kier molecular flexibility index (Phi) is 5.16. The molecule has 0 saturated heterocycles. The predicted molar refractivity (Wildman–Crippen MR) is 81.4 cm³/mol. The number of nitrogens with one attached hydrogen (secondary N) is 1. The number of hydrogen-bond donors (Lipinski definition) is 1. The monoisotopic (exact) mass is 319 g/mol. The van der Waals surface area contributed by atoms with Gasteiger partial charge in [-0.3, -0.25) is 4.79 Å². The fourth-order valence-corrected chi connectivity index (χ4v) is 2.16. The molecule has 122 valence electrons. The maximum atomic E-state index is 12.9. The third kappa shape index (κ3) is 4.42. The molecular formula is C17H18FNO4. The second kappa shape index (κ2) is 7.09. The van der Waals surface area contributed by atoms with Crippen molar-refractivity contribution in [2.24, 2.45) is 0 Å². The summed E-state index contributed by atoms with van der Waals surface area (Å²) in [6, 6.07) is 7.06. The van der Waals surface area contributed by atoms with Crippen LogP contribution in [-0.2, 0) is 9.53 Å². The van der Waals surface area contributed by atoms with E-state index < -0.39 is 18.5 Å². The van der Waals surface area contributed by atoms with Crippen LogP contribution < -0.4 is 5.32 Å². The highest BCUT2D eigenvalue weighted by molar-refractivity contribution is 5.92.